The zero-order valence-corrected chi connectivity index (χ0v) is 11.9. The van der Waals surface area contributed by atoms with Crippen molar-refractivity contribution < 1.29 is 13.2 Å². The number of nitrogens with one attached hydrogen (secondary N) is 1. The predicted molar refractivity (Wildman–Crippen MR) is 73.6 cm³/mol. The zero-order chi connectivity index (χ0) is 14.5. The van der Waals surface area contributed by atoms with Gasteiger partial charge in [0.05, 0.1) is 10.9 Å². The minimum Gasteiger partial charge on any atom is -0.383 e. The van der Waals surface area contributed by atoms with Gasteiger partial charge in [-0.3, -0.25) is 0 Å². The van der Waals surface area contributed by atoms with Gasteiger partial charge < -0.3 is 5.32 Å². The molecule has 0 aliphatic heterocycles. The average molecular weight is 294 g/mol. The highest BCUT2D eigenvalue weighted by Gasteiger charge is 2.33. The normalized spacial score (nSPS) is 13.6. The Balaban J connectivity index is 2.73. The van der Waals surface area contributed by atoms with Gasteiger partial charge in [-0.15, -0.1) is 11.6 Å². The smallest absolute Gasteiger partial charge is 0.383 e. The van der Waals surface area contributed by atoms with Gasteiger partial charge in [-0.05, 0) is 18.1 Å². The third-order valence-corrected chi connectivity index (χ3v) is 3.79. The Kier molecular flexibility index (Phi) is 5.98. The number of alkyl halides is 4. The summed E-state index contributed by atoms with van der Waals surface area (Å²) in [5.41, 5.74) is -0.560. The largest absolute Gasteiger partial charge is 0.418 e. The van der Waals surface area contributed by atoms with Crippen LogP contribution in [0.2, 0.25) is 0 Å². The van der Waals surface area contributed by atoms with Gasteiger partial charge in [0.25, 0.3) is 0 Å². The lowest BCUT2D eigenvalue weighted by Crippen LogP contribution is -2.24. The van der Waals surface area contributed by atoms with Crippen molar-refractivity contribution in [3.63, 3.8) is 0 Å². The van der Waals surface area contributed by atoms with E-state index < -0.39 is 11.7 Å². The number of halogens is 4. The number of hydrogen-bond acceptors (Lipinski definition) is 1. The molecule has 19 heavy (non-hydrogen) atoms. The highest BCUT2D eigenvalue weighted by atomic mass is 35.5. The fraction of sp³-hybridized carbons (Fsp3) is 0.571. The second-order valence-electron chi connectivity index (χ2n) is 4.52. The van der Waals surface area contributed by atoms with Crippen LogP contribution in [0.15, 0.2) is 24.3 Å². The Morgan fingerprint density at radius 3 is 2.26 bits per heavy atom. The lowest BCUT2D eigenvalue weighted by atomic mass is 9.99. The van der Waals surface area contributed by atoms with Crippen molar-refractivity contribution in [3.05, 3.63) is 29.8 Å². The van der Waals surface area contributed by atoms with Gasteiger partial charge in [0.15, 0.2) is 0 Å². The molecule has 0 aliphatic rings. The standard InChI is InChI=1S/C14H19ClF3N/c1-3-10(4-2)12(15)9-19-13-8-6-5-7-11(13)14(16,17)18/h5-8,10,12,19H,3-4,9H2,1-2H3. The summed E-state index contributed by atoms with van der Waals surface area (Å²) in [5.74, 6) is 0.312. The molecule has 1 aromatic rings. The van der Waals surface area contributed by atoms with E-state index in [1.54, 1.807) is 6.07 Å². The van der Waals surface area contributed by atoms with Gasteiger partial charge in [-0.25, -0.2) is 0 Å². The van der Waals surface area contributed by atoms with Crippen LogP contribution in [0.3, 0.4) is 0 Å². The van der Waals surface area contributed by atoms with Crippen LogP contribution < -0.4 is 5.32 Å². The number of rotatable bonds is 6. The van der Waals surface area contributed by atoms with Gasteiger partial charge in [-0.2, -0.15) is 13.2 Å². The molecule has 0 radical (unpaired) electrons. The van der Waals surface area contributed by atoms with Crippen molar-refractivity contribution in [2.75, 3.05) is 11.9 Å². The highest BCUT2D eigenvalue weighted by molar-refractivity contribution is 6.21. The summed E-state index contributed by atoms with van der Waals surface area (Å²) in [6, 6.07) is 5.47. The molecule has 5 heteroatoms. The Labute approximate surface area is 117 Å². The molecule has 1 nitrogen and oxygen atoms in total. The molecule has 1 unspecified atom stereocenters. The van der Waals surface area contributed by atoms with Crippen LogP contribution in [0.4, 0.5) is 18.9 Å². The molecule has 0 saturated heterocycles. The topological polar surface area (TPSA) is 12.0 Å². The van der Waals surface area contributed by atoms with Crippen LogP contribution in [0.25, 0.3) is 0 Å². The second kappa shape index (κ2) is 7.04. The molecule has 0 bridgehead atoms. The first kappa shape index (κ1) is 16.2. The Hall–Kier alpha value is -0.900. The molecule has 108 valence electrons. The molecule has 0 saturated carbocycles. The average Bonchev–Trinajstić information content (AvgIpc) is 2.37. The van der Waals surface area contributed by atoms with Crippen molar-refractivity contribution in [1.29, 1.82) is 0 Å². The van der Waals surface area contributed by atoms with Gasteiger partial charge in [0, 0.05) is 12.2 Å². The van der Waals surface area contributed by atoms with E-state index in [9.17, 15) is 13.2 Å². The number of hydrogen-bond donors (Lipinski definition) is 1. The van der Waals surface area contributed by atoms with E-state index in [-0.39, 0.29) is 11.1 Å². The maximum atomic E-state index is 12.8. The van der Waals surface area contributed by atoms with Crippen molar-refractivity contribution in [3.8, 4) is 0 Å². The summed E-state index contributed by atoms with van der Waals surface area (Å²) in [6.07, 6.45) is -2.50. The molecule has 0 spiro atoms. The van der Waals surface area contributed by atoms with E-state index >= 15 is 0 Å². The third-order valence-electron chi connectivity index (χ3n) is 3.28. The number of anilines is 1. The molecule has 0 aliphatic carbocycles. The van der Waals surface area contributed by atoms with E-state index in [0.29, 0.717) is 12.5 Å². The minimum absolute atomic E-state index is 0.0895. The maximum absolute atomic E-state index is 12.8. The lowest BCUT2D eigenvalue weighted by Gasteiger charge is -2.21. The van der Waals surface area contributed by atoms with E-state index in [0.717, 1.165) is 18.9 Å². The SMILES string of the molecule is CCC(CC)C(Cl)CNc1ccccc1C(F)(F)F. The summed E-state index contributed by atoms with van der Waals surface area (Å²) in [6.45, 7) is 4.40. The summed E-state index contributed by atoms with van der Waals surface area (Å²) < 4.78 is 38.4. The monoisotopic (exact) mass is 293 g/mol. The molecular formula is C14H19ClF3N. The molecule has 0 heterocycles. The third kappa shape index (κ3) is 4.60. The summed E-state index contributed by atoms with van der Waals surface area (Å²) >= 11 is 6.22. The van der Waals surface area contributed by atoms with E-state index in [1.165, 1.54) is 12.1 Å². The molecular weight excluding hydrogens is 275 g/mol. The van der Waals surface area contributed by atoms with E-state index in [2.05, 4.69) is 5.32 Å². The van der Waals surface area contributed by atoms with Crippen molar-refractivity contribution in [1.82, 2.24) is 0 Å². The van der Waals surface area contributed by atoms with Crippen LogP contribution in [-0.2, 0) is 6.18 Å². The minimum atomic E-state index is -4.35. The molecule has 1 atom stereocenters. The molecule has 1 N–H and O–H groups in total. The van der Waals surface area contributed by atoms with Crippen LogP contribution in [-0.4, -0.2) is 11.9 Å². The van der Waals surface area contributed by atoms with E-state index in [1.807, 2.05) is 13.8 Å². The lowest BCUT2D eigenvalue weighted by molar-refractivity contribution is -0.136. The van der Waals surface area contributed by atoms with Gasteiger partial charge in [0.1, 0.15) is 0 Å². The molecule has 1 aromatic carbocycles. The summed E-state index contributed by atoms with van der Waals surface area (Å²) in [7, 11) is 0. The molecule has 0 aromatic heterocycles. The fourth-order valence-corrected chi connectivity index (χ4v) is 2.49. The first-order valence-electron chi connectivity index (χ1n) is 6.44. The fourth-order valence-electron chi connectivity index (χ4n) is 2.06. The Bertz CT molecular complexity index is 389. The van der Waals surface area contributed by atoms with Gasteiger partial charge in [0.2, 0.25) is 0 Å². The number of para-hydroxylation sites is 1. The van der Waals surface area contributed by atoms with E-state index in [4.69, 9.17) is 11.6 Å². The predicted octanol–water partition coefficient (Wildman–Crippen LogP) is 5.16. The van der Waals surface area contributed by atoms with Crippen LogP contribution in [0.1, 0.15) is 32.3 Å². The second-order valence-corrected chi connectivity index (χ2v) is 5.08. The summed E-state index contributed by atoms with van der Waals surface area (Å²) in [5, 5.41) is 2.65. The first-order valence-corrected chi connectivity index (χ1v) is 6.87. The summed E-state index contributed by atoms with van der Waals surface area (Å²) in [4.78, 5) is 0. The molecule has 0 fully saturated rings. The van der Waals surface area contributed by atoms with Gasteiger partial charge >= 0.3 is 6.18 Å². The van der Waals surface area contributed by atoms with Crippen LogP contribution >= 0.6 is 11.6 Å². The van der Waals surface area contributed by atoms with Crippen LogP contribution in [0.5, 0.6) is 0 Å². The van der Waals surface area contributed by atoms with Crippen molar-refractivity contribution in [2.45, 2.75) is 38.2 Å². The molecule has 1 rings (SSSR count). The molecule has 0 amide bonds. The number of benzene rings is 1. The van der Waals surface area contributed by atoms with Gasteiger partial charge in [-0.1, -0.05) is 38.8 Å². The highest BCUT2D eigenvalue weighted by Crippen LogP contribution is 2.34. The van der Waals surface area contributed by atoms with Crippen LogP contribution in [0, 0.1) is 5.92 Å². The first-order chi connectivity index (χ1) is 8.90. The zero-order valence-electron chi connectivity index (χ0n) is 11.1. The maximum Gasteiger partial charge on any atom is 0.418 e. The quantitative estimate of drug-likeness (QED) is 0.714. The van der Waals surface area contributed by atoms with Crippen molar-refractivity contribution in [2.24, 2.45) is 5.92 Å². The Morgan fingerprint density at radius 2 is 1.74 bits per heavy atom. The Morgan fingerprint density at radius 1 is 1.16 bits per heavy atom. The van der Waals surface area contributed by atoms with Crippen molar-refractivity contribution >= 4 is 17.3 Å².